The number of nitrogens with one attached hydrogen (secondary N) is 1. The minimum absolute atomic E-state index is 0.0587. The Morgan fingerprint density at radius 2 is 2.47 bits per heavy atom. The van der Waals surface area contributed by atoms with Crippen molar-refractivity contribution >= 4 is 17.0 Å². The lowest BCUT2D eigenvalue weighted by Crippen LogP contribution is -2.21. The summed E-state index contributed by atoms with van der Waals surface area (Å²) >= 11 is 0. The smallest absolute Gasteiger partial charge is 0.306 e. The Morgan fingerprint density at radius 1 is 1.65 bits per heavy atom. The van der Waals surface area contributed by atoms with Gasteiger partial charge in [-0.1, -0.05) is 0 Å². The maximum absolute atomic E-state index is 12.0. The fourth-order valence-corrected chi connectivity index (χ4v) is 2.11. The van der Waals surface area contributed by atoms with Gasteiger partial charge in [-0.05, 0) is 18.4 Å². The number of H-pyrrole nitrogens is 1. The normalized spacial score (nSPS) is 22.8. The number of aromatic nitrogens is 3. The van der Waals surface area contributed by atoms with E-state index in [1.807, 2.05) is 0 Å². The van der Waals surface area contributed by atoms with Crippen LogP contribution >= 0.6 is 0 Å². The largest absolute Gasteiger partial charge is 0.481 e. The molecule has 0 spiro atoms. The SMILES string of the molecule is O=C(O)[C@@H]1C[C@H]1Cn1cnc2[nH]ccc2c1=O. The van der Waals surface area contributed by atoms with Crippen LogP contribution in [0.5, 0.6) is 0 Å². The van der Waals surface area contributed by atoms with Gasteiger partial charge in [-0.2, -0.15) is 0 Å². The molecule has 2 N–H and O–H groups in total. The maximum atomic E-state index is 12.0. The number of nitrogens with zero attached hydrogens (tertiary/aromatic N) is 2. The minimum Gasteiger partial charge on any atom is -0.481 e. The highest BCUT2D eigenvalue weighted by molar-refractivity contribution is 5.74. The summed E-state index contributed by atoms with van der Waals surface area (Å²) in [6, 6.07) is 1.68. The van der Waals surface area contributed by atoms with Gasteiger partial charge in [-0.25, -0.2) is 4.98 Å². The Morgan fingerprint density at radius 3 is 3.18 bits per heavy atom. The average molecular weight is 233 g/mol. The van der Waals surface area contributed by atoms with Crippen LogP contribution in [0.25, 0.3) is 11.0 Å². The van der Waals surface area contributed by atoms with Crippen molar-refractivity contribution in [1.29, 1.82) is 0 Å². The molecule has 17 heavy (non-hydrogen) atoms. The van der Waals surface area contributed by atoms with Crippen LogP contribution in [0.3, 0.4) is 0 Å². The molecule has 2 aromatic heterocycles. The highest BCUT2D eigenvalue weighted by Gasteiger charge is 2.43. The summed E-state index contributed by atoms with van der Waals surface area (Å²) in [7, 11) is 0. The molecule has 0 aromatic carbocycles. The number of carbonyl (C=O) groups is 1. The summed E-state index contributed by atoms with van der Waals surface area (Å²) in [6.45, 7) is 0.434. The van der Waals surface area contributed by atoms with Gasteiger partial charge in [0.2, 0.25) is 0 Å². The molecule has 0 aliphatic heterocycles. The fraction of sp³-hybridized carbons (Fsp3) is 0.364. The lowest BCUT2D eigenvalue weighted by molar-refractivity contribution is -0.138. The van der Waals surface area contributed by atoms with Gasteiger partial charge in [0.1, 0.15) is 5.65 Å². The van der Waals surface area contributed by atoms with Crippen LogP contribution in [0, 0.1) is 11.8 Å². The minimum atomic E-state index is -0.779. The number of fused-ring (bicyclic) bond motifs is 1. The van der Waals surface area contributed by atoms with E-state index in [2.05, 4.69) is 9.97 Å². The quantitative estimate of drug-likeness (QED) is 0.805. The van der Waals surface area contributed by atoms with Gasteiger partial charge < -0.3 is 10.1 Å². The van der Waals surface area contributed by atoms with Crippen LogP contribution in [0.4, 0.5) is 0 Å². The van der Waals surface area contributed by atoms with Crippen molar-refractivity contribution < 1.29 is 9.90 Å². The van der Waals surface area contributed by atoms with Crippen LogP contribution in [-0.2, 0) is 11.3 Å². The second kappa shape index (κ2) is 3.44. The van der Waals surface area contributed by atoms with E-state index in [9.17, 15) is 9.59 Å². The molecular formula is C11H11N3O3. The zero-order valence-corrected chi connectivity index (χ0v) is 8.96. The molecule has 3 rings (SSSR count). The van der Waals surface area contributed by atoms with Gasteiger partial charge in [0.25, 0.3) is 5.56 Å². The third kappa shape index (κ3) is 1.61. The standard InChI is InChI=1S/C11H11N3O3/c15-10-7-1-2-12-9(7)13-5-14(10)4-6-3-8(6)11(16)17/h1-2,5-6,8,12H,3-4H2,(H,16,17)/t6-,8+/m0/s1. The van der Waals surface area contributed by atoms with Crippen molar-refractivity contribution in [3.8, 4) is 0 Å². The Hall–Kier alpha value is -2.11. The van der Waals surface area contributed by atoms with E-state index >= 15 is 0 Å². The maximum Gasteiger partial charge on any atom is 0.306 e. The van der Waals surface area contributed by atoms with E-state index in [4.69, 9.17) is 5.11 Å². The van der Waals surface area contributed by atoms with Gasteiger partial charge in [-0.3, -0.25) is 14.2 Å². The van der Waals surface area contributed by atoms with Crippen LogP contribution in [-0.4, -0.2) is 25.6 Å². The molecule has 2 aromatic rings. The average Bonchev–Trinajstić information content (AvgIpc) is 2.89. The molecule has 2 atom stereocenters. The second-order valence-electron chi connectivity index (χ2n) is 4.38. The number of rotatable bonds is 3. The zero-order valence-electron chi connectivity index (χ0n) is 8.96. The van der Waals surface area contributed by atoms with E-state index < -0.39 is 5.97 Å². The van der Waals surface area contributed by atoms with Crippen molar-refractivity contribution in [1.82, 2.24) is 14.5 Å². The predicted molar refractivity (Wildman–Crippen MR) is 59.6 cm³/mol. The number of aliphatic carboxylic acids is 1. The monoisotopic (exact) mass is 233 g/mol. The zero-order chi connectivity index (χ0) is 12.0. The molecule has 1 fully saturated rings. The second-order valence-corrected chi connectivity index (χ2v) is 4.38. The summed E-state index contributed by atoms with van der Waals surface area (Å²) in [4.78, 5) is 29.7. The molecule has 0 radical (unpaired) electrons. The molecule has 88 valence electrons. The van der Waals surface area contributed by atoms with E-state index in [-0.39, 0.29) is 17.4 Å². The fourth-order valence-electron chi connectivity index (χ4n) is 2.11. The Labute approximate surface area is 95.9 Å². The van der Waals surface area contributed by atoms with Gasteiger partial charge in [-0.15, -0.1) is 0 Å². The van der Waals surface area contributed by atoms with Crippen LogP contribution < -0.4 is 5.56 Å². The molecule has 0 saturated heterocycles. The van der Waals surface area contributed by atoms with Crippen LogP contribution in [0.2, 0.25) is 0 Å². The highest BCUT2D eigenvalue weighted by Crippen LogP contribution is 2.39. The molecule has 2 heterocycles. The topological polar surface area (TPSA) is 88.0 Å². The highest BCUT2D eigenvalue weighted by atomic mass is 16.4. The summed E-state index contributed by atoms with van der Waals surface area (Å²) in [5.74, 6) is -1.02. The van der Waals surface area contributed by atoms with E-state index in [0.29, 0.717) is 24.0 Å². The van der Waals surface area contributed by atoms with Crippen LogP contribution in [0.1, 0.15) is 6.42 Å². The van der Waals surface area contributed by atoms with Gasteiger partial charge in [0, 0.05) is 12.7 Å². The van der Waals surface area contributed by atoms with Crippen molar-refractivity contribution in [2.45, 2.75) is 13.0 Å². The lowest BCUT2D eigenvalue weighted by atomic mass is 10.3. The molecule has 6 heteroatoms. The molecule has 0 amide bonds. The van der Waals surface area contributed by atoms with Crippen molar-refractivity contribution in [2.24, 2.45) is 11.8 Å². The first-order chi connectivity index (χ1) is 8.16. The Balaban J connectivity index is 1.89. The van der Waals surface area contributed by atoms with Gasteiger partial charge in [0.15, 0.2) is 0 Å². The van der Waals surface area contributed by atoms with Crippen molar-refractivity contribution in [2.75, 3.05) is 0 Å². The van der Waals surface area contributed by atoms with E-state index in [0.717, 1.165) is 0 Å². The number of aromatic amines is 1. The van der Waals surface area contributed by atoms with E-state index in [1.165, 1.54) is 10.9 Å². The summed E-state index contributed by atoms with van der Waals surface area (Å²) in [5, 5.41) is 9.34. The molecule has 0 bridgehead atoms. The number of carboxylic acids is 1. The first kappa shape index (κ1) is 10.1. The predicted octanol–water partition coefficient (Wildman–Crippen LogP) is 0.445. The first-order valence-corrected chi connectivity index (χ1v) is 5.42. The molecule has 1 aliphatic carbocycles. The Kier molecular flexibility index (Phi) is 2.04. The Bertz CT molecular complexity index is 643. The van der Waals surface area contributed by atoms with Crippen LogP contribution in [0.15, 0.2) is 23.4 Å². The summed E-state index contributed by atoms with van der Waals surface area (Å²) in [6.07, 6.45) is 3.78. The lowest BCUT2D eigenvalue weighted by Gasteiger charge is -2.03. The van der Waals surface area contributed by atoms with Crippen molar-refractivity contribution in [3.05, 3.63) is 28.9 Å². The number of hydrogen-bond acceptors (Lipinski definition) is 3. The van der Waals surface area contributed by atoms with Crippen molar-refractivity contribution in [3.63, 3.8) is 0 Å². The first-order valence-electron chi connectivity index (χ1n) is 5.42. The molecular weight excluding hydrogens is 222 g/mol. The molecule has 0 unspecified atom stereocenters. The summed E-state index contributed by atoms with van der Waals surface area (Å²) < 4.78 is 1.49. The van der Waals surface area contributed by atoms with E-state index in [1.54, 1.807) is 12.3 Å². The molecule has 6 nitrogen and oxygen atoms in total. The third-order valence-electron chi connectivity index (χ3n) is 3.21. The summed E-state index contributed by atoms with van der Waals surface area (Å²) in [5.41, 5.74) is 0.448. The van der Waals surface area contributed by atoms with Gasteiger partial charge >= 0.3 is 5.97 Å². The molecule has 1 aliphatic rings. The number of carboxylic acid groups (broad SMARTS) is 1. The third-order valence-corrected chi connectivity index (χ3v) is 3.21. The number of hydrogen-bond donors (Lipinski definition) is 2. The van der Waals surface area contributed by atoms with Gasteiger partial charge in [0.05, 0.1) is 17.6 Å². The molecule has 1 saturated carbocycles.